The van der Waals surface area contributed by atoms with Crippen LogP contribution >= 0.6 is 0 Å². The van der Waals surface area contributed by atoms with Crippen LogP contribution in [0, 0.1) is 20.8 Å². The van der Waals surface area contributed by atoms with E-state index in [2.05, 4.69) is 4.98 Å². The van der Waals surface area contributed by atoms with Crippen LogP contribution in [0.25, 0.3) is 11.1 Å². The molecule has 0 radical (unpaired) electrons. The lowest BCUT2D eigenvalue weighted by Crippen LogP contribution is -2.34. The molecule has 0 aliphatic carbocycles. The van der Waals surface area contributed by atoms with Crippen molar-refractivity contribution >= 4 is 22.7 Å². The van der Waals surface area contributed by atoms with Crippen molar-refractivity contribution in [3.63, 3.8) is 0 Å². The summed E-state index contributed by atoms with van der Waals surface area (Å²) in [4.78, 5) is 30.8. The number of carbonyl (C=O) groups is 1. The van der Waals surface area contributed by atoms with Crippen molar-refractivity contribution in [2.24, 2.45) is 0 Å². The SMILES string of the molecule is Cc1cccc(N(C)C(=O)Cn2cnc3oc(C)c(C)c3c2=O)c1. The molecular formula is C18H19N3O3. The van der Waals surface area contributed by atoms with Crippen molar-refractivity contribution in [2.45, 2.75) is 27.3 Å². The van der Waals surface area contributed by atoms with Crippen LogP contribution in [0.1, 0.15) is 16.9 Å². The summed E-state index contributed by atoms with van der Waals surface area (Å²) in [5, 5.41) is 0.431. The smallest absolute Gasteiger partial charge is 0.265 e. The average Bonchev–Trinajstić information content (AvgIpc) is 2.84. The molecule has 1 aromatic carbocycles. The predicted octanol–water partition coefficient (Wildman–Crippen LogP) is 2.58. The fourth-order valence-corrected chi connectivity index (χ4v) is 2.61. The van der Waals surface area contributed by atoms with E-state index < -0.39 is 0 Å². The van der Waals surface area contributed by atoms with Gasteiger partial charge in [0.15, 0.2) is 0 Å². The van der Waals surface area contributed by atoms with Crippen molar-refractivity contribution in [3.8, 4) is 0 Å². The minimum absolute atomic E-state index is 0.0735. The molecule has 0 saturated carbocycles. The molecule has 24 heavy (non-hydrogen) atoms. The van der Waals surface area contributed by atoms with Crippen LogP contribution in [0.2, 0.25) is 0 Å². The first-order valence-corrected chi connectivity index (χ1v) is 7.67. The number of nitrogens with zero attached hydrogens (tertiary/aromatic N) is 3. The summed E-state index contributed by atoms with van der Waals surface area (Å²) in [5.41, 5.74) is 2.66. The second-order valence-corrected chi connectivity index (χ2v) is 5.93. The third kappa shape index (κ3) is 2.71. The van der Waals surface area contributed by atoms with Crippen molar-refractivity contribution < 1.29 is 9.21 Å². The normalized spacial score (nSPS) is 11.0. The highest BCUT2D eigenvalue weighted by Crippen LogP contribution is 2.19. The van der Waals surface area contributed by atoms with Gasteiger partial charge in [-0.3, -0.25) is 14.2 Å². The number of likely N-dealkylation sites (N-methyl/N-ethyl adjacent to an activating group) is 1. The Morgan fingerprint density at radius 1 is 1.29 bits per heavy atom. The van der Waals surface area contributed by atoms with E-state index in [1.807, 2.05) is 38.1 Å². The van der Waals surface area contributed by atoms with Gasteiger partial charge >= 0.3 is 0 Å². The summed E-state index contributed by atoms with van der Waals surface area (Å²) in [6.07, 6.45) is 1.36. The molecule has 2 heterocycles. The van der Waals surface area contributed by atoms with E-state index in [1.165, 1.54) is 15.8 Å². The Labute approximate surface area is 139 Å². The van der Waals surface area contributed by atoms with Gasteiger partial charge in [0.1, 0.15) is 24.0 Å². The largest absolute Gasteiger partial charge is 0.443 e. The van der Waals surface area contributed by atoms with E-state index in [0.717, 1.165) is 16.8 Å². The predicted molar refractivity (Wildman–Crippen MR) is 92.3 cm³/mol. The van der Waals surface area contributed by atoms with Crippen LogP contribution in [-0.2, 0) is 11.3 Å². The lowest BCUT2D eigenvalue weighted by atomic mass is 10.2. The summed E-state index contributed by atoms with van der Waals surface area (Å²) in [5.74, 6) is 0.470. The third-order valence-electron chi connectivity index (χ3n) is 4.22. The molecule has 0 fully saturated rings. The molecule has 2 aromatic heterocycles. The fourth-order valence-electron chi connectivity index (χ4n) is 2.61. The molecular weight excluding hydrogens is 306 g/mol. The van der Waals surface area contributed by atoms with Crippen molar-refractivity contribution in [2.75, 3.05) is 11.9 Å². The number of aryl methyl sites for hydroxylation is 3. The van der Waals surface area contributed by atoms with Crippen molar-refractivity contribution in [1.29, 1.82) is 0 Å². The van der Waals surface area contributed by atoms with Crippen LogP contribution in [0.15, 0.2) is 39.8 Å². The van der Waals surface area contributed by atoms with Gasteiger partial charge in [-0.25, -0.2) is 4.98 Å². The van der Waals surface area contributed by atoms with E-state index in [1.54, 1.807) is 14.0 Å². The van der Waals surface area contributed by atoms with Crippen LogP contribution in [0.5, 0.6) is 0 Å². The Morgan fingerprint density at radius 3 is 2.75 bits per heavy atom. The zero-order valence-electron chi connectivity index (χ0n) is 14.2. The maximum Gasteiger partial charge on any atom is 0.265 e. The number of aromatic nitrogens is 2. The molecule has 124 valence electrons. The summed E-state index contributed by atoms with van der Waals surface area (Å²) < 4.78 is 6.77. The molecule has 0 aliphatic rings. The molecule has 3 aromatic rings. The molecule has 0 N–H and O–H groups in total. The van der Waals surface area contributed by atoms with E-state index >= 15 is 0 Å². The quantitative estimate of drug-likeness (QED) is 0.742. The summed E-state index contributed by atoms with van der Waals surface area (Å²) in [6.45, 7) is 5.50. The average molecular weight is 325 g/mol. The van der Waals surface area contributed by atoms with Crippen LogP contribution < -0.4 is 10.5 Å². The molecule has 3 rings (SSSR count). The van der Waals surface area contributed by atoms with Gasteiger partial charge in [0, 0.05) is 18.3 Å². The minimum atomic E-state index is -0.264. The Bertz CT molecular complexity index is 985. The van der Waals surface area contributed by atoms with Gasteiger partial charge < -0.3 is 9.32 Å². The van der Waals surface area contributed by atoms with Crippen molar-refractivity contribution in [1.82, 2.24) is 9.55 Å². The van der Waals surface area contributed by atoms with E-state index in [9.17, 15) is 9.59 Å². The topological polar surface area (TPSA) is 68.3 Å². The highest BCUT2D eigenvalue weighted by atomic mass is 16.3. The van der Waals surface area contributed by atoms with Gasteiger partial charge in [-0.1, -0.05) is 12.1 Å². The first-order chi connectivity index (χ1) is 11.4. The number of amides is 1. The zero-order valence-corrected chi connectivity index (χ0v) is 14.2. The summed E-state index contributed by atoms with van der Waals surface area (Å²) in [7, 11) is 1.70. The van der Waals surface area contributed by atoms with Crippen LogP contribution in [0.4, 0.5) is 5.69 Å². The van der Waals surface area contributed by atoms with E-state index in [4.69, 9.17) is 4.42 Å². The molecule has 6 heteroatoms. The van der Waals surface area contributed by atoms with Gasteiger partial charge in [-0.05, 0) is 38.5 Å². The number of fused-ring (bicyclic) bond motifs is 1. The second kappa shape index (κ2) is 5.96. The number of hydrogen-bond donors (Lipinski definition) is 0. The molecule has 0 unspecified atom stereocenters. The number of rotatable bonds is 3. The molecule has 1 amide bonds. The Morgan fingerprint density at radius 2 is 2.04 bits per heavy atom. The third-order valence-corrected chi connectivity index (χ3v) is 4.22. The summed E-state index contributed by atoms with van der Waals surface area (Å²) in [6, 6.07) is 7.64. The Kier molecular flexibility index (Phi) is 3.97. The monoisotopic (exact) mass is 325 g/mol. The molecule has 0 saturated heterocycles. The summed E-state index contributed by atoms with van der Waals surface area (Å²) >= 11 is 0. The maximum absolute atomic E-state index is 12.6. The van der Waals surface area contributed by atoms with E-state index in [0.29, 0.717) is 16.9 Å². The number of hydrogen-bond acceptors (Lipinski definition) is 4. The Balaban J connectivity index is 1.92. The van der Waals surface area contributed by atoms with Gasteiger partial charge in [-0.2, -0.15) is 0 Å². The lowest BCUT2D eigenvalue weighted by Gasteiger charge is -2.18. The number of anilines is 1. The Hall–Kier alpha value is -2.89. The number of furan rings is 1. The van der Waals surface area contributed by atoms with E-state index in [-0.39, 0.29) is 18.0 Å². The molecule has 6 nitrogen and oxygen atoms in total. The number of benzene rings is 1. The lowest BCUT2D eigenvalue weighted by molar-refractivity contribution is -0.118. The molecule has 0 spiro atoms. The fraction of sp³-hybridized carbons (Fsp3) is 0.278. The standard InChI is InChI=1S/C18H19N3O3/c1-11-6-5-7-14(8-11)20(4)15(22)9-21-10-19-17-16(18(21)23)12(2)13(3)24-17/h5-8,10H,9H2,1-4H3. The first-order valence-electron chi connectivity index (χ1n) is 7.67. The van der Waals surface area contributed by atoms with Gasteiger partial charge in [-0.15, -0.1) is 0 Å². The zero-order chi connectivity index (χ0) is 17.4. The van der Waals surface area contributed by atoms with Crippen LogP contribution in [-0.4, -0.2) is 22.5 Å². The molecule has 0 atom stereocenters. The molecule has 0 bridgehead atoms. The van der Waals surface area contributed by atoms with Crippen LogP contribution in [0.3, 0.4) is 0 Å². The minimum Gasteiger partial charge on any atom is -0.443 e. The van der Waals surface area contributed by atoms with Crippen molar-refractivity contribution in [3.05, 3.63) is 57.8 Å². The van der Waals surface area contributed by atoms with Gasteiger partial charge in [0.25, 0.3) is 5.56 Å². The number of carbonyl (C=O) groups excluding carboxylic acids is 1. The van der Waals surface area contributed by atoms with Gasteiger partial charge in [0.05, 0.1) is 0 Å². The maximum atomic E-state index is 12.6. The first kappa shape index (κ1) is 16.0. The second-order valence-electron chi connectivity index (χ2n) is 5.93. The highest BCUT2D eigenvalue weighted by Gasteiger charge is 2.17. The van der Waals surface area contributed by atoms with Gasteiger partial charge in [0.2, 0.25) is 11.6 Å². The highest BCUT2D eigenvalue weighted by molar-refractivity contribution is 5.92. The molecule has 0 aliphatic heterocycles.